The van der Waals surface area contributed by atoms with Gasteiger partial charge in [0, 0.05) is 48.6 Å². The molecule has 2 heterocycles. The standard InChI is InChI=1S/C44H45FN4O5/c1-5-9-29-12-16-32(17-13-29)34-20-21-37(38(45)23-34)35-24-46-40(47-25-35)33-18-14-30(15-19-33)22-39(48-43(52)53-28-31-10-7-6-8-11-31)41(50)49-26-36(27-49)42(51)54-44(2,3)4/h6-8,10-21,23-25,36,39H,5,9,22,26-28H2,1-4H3,(H,48,52). The van der Waals surface area contributed by atoms with Crippen molar-refractivity contribution in [3.05, 3.63) is 132 Å². The fourth-order valence-corrected chi connectivity index (χ4v) is 6.24. The Hall–Kier alpha value is -5.90. The average molecular weight is 729 g/mol. The van der Waals surface area contributed by atoms with Crippen LogP contribution in [-0.2, 0) is 38.5 Å². The molecule has 6 rings (SSSR count). The van der Waals surface area contributed by atoms with Gasteiger partial charge in [-0.25, -0.2) is 19.2 Å². The highest BCUT2D eigenvalue weighted by atomic mass is 19.1. The van der Waals surface area contributed by atoms with Crippen molar-refractivity contribution < 1.29 is 28.2 Å². The lowest BCUT2D eigenvalue weighted by Gasteiger charge is -2.40. The fraction of sp³-hybridized carbons (Fsp3) is 0.295. The number of esters is 1. The molecule has 10 heteroatoms. The molecule has 1 fully saturated rings. The van der Waals surface area contributed by atoms with Gasteiger partial charge in [0.15, 0.2) is 5.82 Å². The molecule has 54 heavy (non-hydrogen) atoms. The summed E-state index contributed by atoms with van der Waals surface area (Å²) in [6.45, 7) is 8.01. The van der Waals surface area contributed by atoms with Gasteiger partial charge in [-0.1, -0.05) is 104 Å². The molecular formula is C44H45FN4O5. The molecule has 1 unspecified atom stereocenters. The minimum absolute atomic E-state index is 0.0526. The molecule has 0 spiro atoms. The van der Waals surface area contributed by atoms with Gasteiger partial charge in [0.05, 0.1) is 5.92 Å². The molecule has 5 aromatic rings. The molecule has 0 radical (unpaired) electrons. The van der Waals surface area contributed by atoms with E-state index in [1.54, 1.807) is 44.1 Å². The van der Waals surface area contributed by atoms with Crippen LogP contribution in [-0.4, -0.2) is 57.6 Å². The Balaban J connectivity index is 1.11. The Morgan fingerprint density at radius 3 is 2.07 bits per heavy atom. The number of hydrogen-bond donors (Lipinski definition) is 1. The summed E-state index contributed by atoms with van der Waals surface area (Å²) < 4.78 is 26.2. The molecule has 1 atom stereocenters. The number of aromatic nitrogens is 2. The van der Waals surface area contributed by atoms with Crippen LogP contribution in [0.25, 0.3) is 33.6 Å². The Bertz CT molecular complexity index is 2060. The van der Waals surface area contributed by atoms with E-state index in [0.29, 0.717) is 17.0 Å². The molecule has 0 bridgehead atoms. The number of hydrogen-bond acceptors (Lipinski definition) is 7. The van der Waals surface area contributed by atoms with Gasteiger partial charge in [0.25, 0.3) is 0 Å². The summed E-state index contributed by atoms with van der Waals surface area (Å²) in [5.74, 6) is -0.992. The maximum atomic E-state index is 15.3. The molecule has 0 aliphatic carbocycles. The van der Waals surface area contributed by atoms with Crippen molar-refractivity contribution in [2.45, 2.75) is 65.2 Å². The van der Waals surface area contributed by atoms with Gasteiger partial charge >= 0.3 is 12.1 Å². The van der Waals surface area contributed by atoms with Crippen LogP contribution in [0.5, 0.6) is 0 Å². The molecule has 2 amide bonds. The molecule has 278 valence electrons. The molecule has 1 aliphatic heterocycles. The van der Waals surface area contributed by atoms with Crippen molar-refractivity contribution >= 4 is 18.0 Å². The van der Waals surface area contributed by atoms with Gasteiger partial charge in [0.2, 0.25) is 5.91 Å². The van der Waals surface area contributed by atoms with Gasteiger partial charge in [-0.05, 0) is 61.1 Å². The summed E-state index contributed by atoms with van der Waals surface area (Å²) >= 11 is 0. The molecule has 1 N–H and O–H groups in total. The zero-order chi connectivity index (χ0) is 38.2. The van der Waals surface area contributed by atoms with Crippen molar-refractivity contribution in [1.82, 2.24) is 20.2 Å². The van der Waals surface area contributed by atoms with Crippen LogP contribution in [0, 0.1) is 11.7 Å². The third kappa shape index (κ3) is 9.74. The Morgan fingerprint density at radius 1 is 0.815 bits per heavy atom. The van der Waals surface area contributed by atoms with E-state index in [9.17, 15) is 14.4 Å². The Labute approximate surface area is 315 Å². The summed E-state index contributed by atoms with van der Waals surface area (Å²) in [6.07, 6.45) is 4.75. The summed E-state index contributed by atoms with van der Waals surface area (Å²) in [5.41, 5.74) is 5.69. The first-order chi connectivity index (χ1) is 26.0. The number of nitrogens with zero attached hydrogens (tertiary/aromatic N) is 3. The predicted molar refractivity (Wildman–Crippen MR) is 205 cm³/mol. The zero-order valence-corrected chi connectivity index (χ0v) is 31.1. The quantitative estimate of drug-likeness (QED) is 0.129. The van der Waals surface area contributed by atoms with E-state index in [2.05, 4.69) is 34.3 Å². The summed E-state index contributed by atoms with van der Waals surface area (Å²) in [4.78, 5) is 49.6. The van der Waals surface area contributed by atoms with E-state index < -0.39 is 23.7 Å². The number of halogens is 1. The van der Waals surface area contributed by atoms with Crippen molar-refractivity contribution in [3.63, 3.8) is 0 Å². The van der Waals surface area contributed by atoms with Crippen LogP contribution in [0.15, 0.2) is 109 Å². The molecule has 1 aromatic heterocycles. The van der Waals surface area contributed by atoms with Gasteiger partial charge < -0.3 is 19.7 Å². The molecule has 0 saturated carbocycles. The van der Waals surface area contributed by atoms with Gasteiger partial charge in [-0.15, -0.1) is 0 Å². The van der Waals surface area contributed by atoms with Gasteiger partial charge in [0.1, 0.15) is 24.1 Å². The SMILES string of the molecule is CCCc1ccc(-c2ccc(-c3cnc(-c4ccc(CC(NC(=O)OCc5ccccc5)C(=O)N5CC(C(=O)OC(C)(C)C)C5)cc4)nc3)c(F)c2)cc1. The lowest BCUT2D eigenvalue weighted by atomic mass is 9.96. The van der Waals surface area contributed by atoms with E-state index in [1.165, 1.54) is 11.6 Å². The van der Waals surface area contributed by atoms with E-state index in [1.807, 2.05) is 72.8 Å². The third-order valence-corrected chi connectivity index (χ3v) is 9.15. The third-order valence-electron chi connectivity index (χ3n) is 9.15. The van der Waals surface area contributed by atoms with Crippen LogP contribution >= 0.6 is 0 Å². The molecule has 4 aromatic carbocycles. The van der Waals surface area contributed by atoms with E-state index in [-0.39, 0.29) is 43.8 Å². The van der Waals surface area contributed by atoms with Crippen LogP contribution in [0.1, 0.15) is 50.8 Å². The number of carbonyl (C=O) groups is 3. The predicted octanol–water partition coefficient (Wildman–Crippen LogP) is 8.21. The van der Waals surface area contributed by atoms with Crippen molar-refractivity contribution in [2.75, 3.05) is 13.1 Å². The Kier molecular flexibility index (Phi) is 11.8. The number of alkyl carbamates (subject to hydrolysis) is 1. The first-order valence-corrected chi connectivity index (χ1v) is 18.2. The first kappa shape index (κ1) is 37.8. The van der Waals surface area contributed by atoms with Crippen LogP contribution in [0.2, 0.25) is 0 Å². The highest BCUT2D eigenvalue weighted by Gasteiger charge is 2.40. The second-order valence-electron chi connectivity index (χ2n) is 14.6. The molecular weight excluding hydrogens is 684 g/mol. The largest absolute Gasteiger partial charge is 0.460 e. The first-order valence-electron chi connectivity index (χ1n) is 18.2. The van der Waals surface area contributed by atoms with Gasteiger partial charge in [-0.2, -0.15) is 0 Å². The van der Waals surface area contributed by atoms with Gasteiger partial charge in [-0.3, -0.25) is 9.59 Å². The number of benzene rings is 4. The minimum Gasteiger partial charge on any atom is -0.460 e. The van der Waals surface area contributed by atoms with Crippen LogP contribution in [0.4, 0.5) is 9.18 Å². The highest BCUT2D eigenvalue weighted by Crippen LogP contribution is 2.29. The summed E-state index contributed by atoms with van der Waals surface area (Å²) in [6, 6.07) is 29.1. The second-order valence-corrected chi connectivity index (χ2v) is 14.6. The lowest BCUT2D eigenvalue weighted by molar-refractivity contribution is -0.168. The number of aryl methyl sites for hydroxylation is 1. The maximum Gasteiger partial charge on any atom is 0.408 e. The number of rotatable bonds is 12. The molecule has 9 nitrogen and oxygen atoms in total. The number of likely N-dealkylation sites (tertiary alicyclic amines) is 1. The van der Waals surface area contributed by atoms with Crippen molar-refractivity contribution in [1.29, 1.82) is 0 Å². The number of amides is 2. The normalized spacial score (nSPS) is 13.5. The highest BCUT2D eigenvalue weighted by molar-refractivity contribution is 5.88. The smallest absolute Gasteiger partial charge is 0.408 e. The zero-order valence-electron chi connectivity index (χ0n) is 31.1. The Morgan fingerprint density at radius 2 is 1.44 bits per heavy atom. The summed E-state index contributed by atoms with van der Waals surface area (Å²) in [7, 11) is 0. The average Bonchev–Trinajstić information content (AvgIpc) is 3.13. The number of nitrogens with one attached hydrogen (secondary N) is 1. The number of carbonyl (C=O) groups excluding carboxylic acids is 3. The monoisotopic (exact) mass is 728 g/mol. The van der Waals surface area contributed by atoms with E-state index >= 15 is 4.39 Å². The second kappa shape index (κ2) is 16.8. The maximum absolute atomic E-state index is 15.3. The molecule has 1 aliphatic rings. The number of ether oxygens (including phenoxy) is 2. The topological polar surface area (TPSA) is 111 Å². The lowest BCUT2D eigenvalue weighted by Crippen LogP contribution is -2.59. The summed E-state index contributed by atoms with van der Waals surface area (Å²) in [5, 5.41) is 2.74. The van der Waals surface area contributed by atoms with Crippen LogP contribution < -0.4 is 5.32 Å². The van der Waals surface area contributed by atoms with Crippen molar-refractivity contribution in [3.8, 4) is 33.6 Å². The fourth-order valence-electron chi connectivity index (χ4n) is 6.24. The van der Waals surface area contributed by atoms with E-state index in [0.717, 1.165) is 40.7 Å². The van der Waals surface area contributed by atoms with Crippen LogP contribution in [0.3, 0.4) is 0 Å². The van der Waals surface area contributed by atoms with Crippen molar-refractivity contribution in [2.24, 2.45) is 5.92 Å². The minimum atomic E-state index is -0.934. The van der Waals surface area contributed by atoms with E-state index in [4.69, 9.17) is 9.47 Å². The molecule has 1 saturated heterocycles.